The third kappa shape index (κ3) is 5.18. The van der Waals surface area contributed by atoms with Gasteiger partial charge in [0.25, 0.3) is 5.91 Å². The van der Waals surface area contributed by atoms with Crippen molar-refractivity contribution in [1.29, 1.82) is 0 Å². The largest absolute Gasteiger partial charge is 0.496 e. The summed E-state index contributed by atoms with van der Waals surface area (Å²) >= 11 is 0. The minimum atomic E-state index is 0.0129. The van der Waals surface area contributed by atoms with Crippen molar-refractivity contribution in [1.82, 2.24) is 9.80 Å². The molecule has 1 amide bonds. The summed E-state index contributed by atoms with van der Waals surface area (Å²) in [4.78, 5) is 17.5. The zero-order chi connectivity index (χ0) is 24.9. The zero-order valence-corrected chi connectivity index (χ0v) is 20.6. The molecule has 0 atom stereocenters. The number of piperazine rings is 1. The van der Waals surface area contributed by atoms with Crippen molar-refractivity contribution in [3.8, 4) is 28.7 Å². The fraction of sp³-hybridized carbons (Fsp3) is 0.321. The molecule has 2 aliphatic heterocycles. The molecule has 0 aliphatic carbocycles. The van der Waals surface area contributed by atoms with Crippen molar-refractivity contribution < 1.29 is 28.5 Å². The van der Waals surface area contributed by atoms with E-state index in [0.717, 1.165) is 36.7 Å². The molecule has 2 aliphatic rings. The van der Waals surface area contributed by atoms with Crippen molar-refractivity contribution in [3.63, 3.8) is 0 Å². The average Bonchev–Trinajstić information content (AvgIpc) is 3.40. The molecule has 0 saturated carbocycles. The van der Waals surface area contributed by atoms with Gasteiger partial charge in [0.05, 0.1) is 14.2 Å². The first-order valence-corrected chi connectivity index (χ1v) is 12.0. The Morgan fingerprint density at radius 1 is 0.833 bits per heavy atom. The first-order chi connectivity index (χ1) is 17.6. The summed E-state index contributed by atoms with van der Waals surface area (Å²) in [6.07, 6.45) is 0. The molecule has 0 bridgehead atoms. The van der Waals surface area contributed by atoms with Crippen LogP contribution in [0.4, 0.5) is 0 Å². The highest BCUT2D eigenvalue weighted by Gasteiger charge is 2.24. The highest BCUT2D eigenvalue weighted by atomic mass is 16.7. The zero-order valence-electron chi connectivity index (χ0n) is 20.6. The van der Waals surface area contributed by atoms with Crippen LogP contribution in [0.2, 0.25) is 0 Å². The number of nitrogens with zero attached hydrogens (tertiary/aromatic N) is 2. The smallest absolute Gasteiger partial charge is 0.253 e. The highest BCUT2D eigenvalue weighted by Crippen LogP contribution is 2.33. The number of hydrogen-bond donors (Lipinski definition) is 0. The Balaban J connectivity index is 1.20. The number of methoxy groups -OCH3 is 2. The van der Waals surface area contributed by atoms with Gasteiger partial charge in [0.1, 0.15) is 12.4 Å². The Morgan fingerprint density at radius 3 is 2.36 bits per heavy atom. The normalized spacial score (nSPS) is 15.0. The SMILES string of the molecule is COc1ccc(C(=O)N2CCN(Cc3ccc4c(c3)OCO4)CC2)cc1COc1ccccc1OC. The van der Waals surface area contributed by atoms with Crippen LogP contribution in [0.15, 0.2) is 60.7 Å². The minimum Gasteiger partial charge on any atom is -0.496 e. The summed E-state index contributed by atoms with van der Waals surface area (Å²) in [5.74, 6) is 3.57. The molecular weight excluding hydrogens is 460 g/mol. The van der Waals surface area contributed by atoms with Gasteiger partial charge in [-0.25, -0.2) is 0 Å². The molecule has 8 heteroatoms. The molecule has 2 heterocycles. The van der Waals surface area contributed by atoms with Crippen molar-refractivity contribution in [2.45, 2.75) is 13.2 Å². The Bertz CT molecular complexity index is 1220. The Kier molecular flexibility index (Phi) is 7.13. The van der Waals surface area contributed by atoms with Gasteiger partial charge in [-0.3, -0.25) is 9.69 Å². The van der Waals surface area contributed by atoms with E-state index < -0.39 is 0 Å². The van der Waals surface area contributed by atoms with Gasteiger partial charge in [-0.2, -0.15) is 0 Å². The van der Waals surface area contributed by atoms with Crippen molar-refractivity contribution >= 4 is 5.91 Å². The van der Waals surface area contributed by atoms with E-state index in [1.54, 1.807) is 14.2 Å². The number of rotatable bonds is 8. The van der Waals surface area contributed by atoms with Crippen LogP contribution in [0.25, 0.3) is 0 Å². The summed E-state index contributed by atoms with van der Waals surface area (Å²) < 4.78 is 27.7. The molecular formula is C28H30N2O6. The highest BCUT2D eigenvalue weighted by molar-refractivity contribution is 5.94. The number of hydrogen-bond acceptors (Lipinski definition) is 7. The number of ether oxygens (including phenoxy) is 5. The first kappa shape index (κ1) is 23.8. The Labute approximate surface area is 210 Å². The molecule has 1 saturated heterocycles. The molecule has 3 aromatic rings. The molecule has 0 radical (unpaired) electrons. The lowest BCUT2D eigenvalue weighted by atomic mass is 10.1. The second kappa shape index (κ2) is 10.8. The summed E-state index contributed by atoms with van der Waals surface area (Å²) in [5.41, 5.74) is 2.60. The molecule has 36 heavy (non-hydrogen) atoms. The third-order valence-corrected chi connectivity index (χ3v) is 6.48. The van der Waals surface area contributed by atoms with Gasteiger partial charge in [0.15, 0.2) is 23.0 Å². The summed E-state index contributed by atoms with van der Waals surface area (Å²) in [6.45, 7) is 4.30. The molecule has 0 aromatic heterocycles. The monoisotopic (exact) mass is 490 g/mol. The minimum absolute atomic E-state index is 0.0129. The lowest BCUT2D eigenvalue weighted by molar-refractivity contribution is 0.0628. The van der Waals surface area contributed by atoms with Crippen molar-refractivity contribution in [3.05, 3.63) is 77.4 Å². The summed E-state index contributed by atoms with van der Waals surface area (Å²) in [6, 6.07) is 19.0. The summed E-state index contributed by atoms with van der Waals surface area (Å²) in [7, 11) is 3.22. The van der Waals surface area contributed by atoms with Gasteiger partial charge in [0.2, 0.25) is 6.79 Å². The Morgan fingerprint density at radius 2 is 1.58 bits per heavy atom. The lowest BCUT2D eigenvalue weighted by Gasteiger charge is -2.35. The van der Waals surface area contributed by atoms with E-state index >= 15 is 0 Å². The predicted molar refractivity (Wildman–Crippen MR) is 134 cm³/mol. The van der Waals surface area contributed by atoms with Crippen LogP contribution in [0.5, 0.6) is 28.7 Å². The second-order valence-electron chi connectivity index (χ2n) is 8.72. The molecule has 188 valence electrons. The number of carbonyl (C=O) groups excluding carboxylic acids is 1. The lowest BCUT2D eigenvalue weighted by Crippen LogP contribution is -2.48. The fourth-order valence-corrected chi connectivity index (χ4v) is 4.51. The van der Waals surface area contributed by atoms with Crippen LogP contribution in [-0.4, -0.2) is 62.9 Å². The van der Waals surface area contributed by atoms with E-state index in [4.69, 9.17) is 23.7 Å². The van der Waals surface area contributed by atoms with E-state index in [9.17, 15) is 4.79 Å². The topological polar surface area (TPSA) is 69.7 Å². The van der Waals surface area contributed by atoms with Crippen LogP contribution < -0.4 is 23.7 Å². The van der Waals surface area contributed by atoms with Gasteiger partial charge in [-0.05, 0) is 48.0 Å². The number of para-hydroxylation sites is 2. The van der Waals surface area contributed by atoms with E-state index in [1.807, 2.05) is 59.5 Å². The van der Waals surface area contributed by atoms with Crippen molar-refractivity contribution in [2.75, 3.05) is 47.2 Å². The molecule has 8 nitrogen and oxygen atoms in total. The van der Waals surface area contributed by atoms with Crippen LogP contribution >= 0.6 is 0 Å². The number of benzene rings is 3. The van der Waals surface area contributed by atoms with Crippen LogP contribution in [-0.2, 0) is 13.2 Å². The number of fused-ring (bicyclic) bond motifs is 1. The maximum Gasteiger partial charge on any atom is 0.253 e. The standard InChI is InChI=1S/C28H30N2O6/c1-32-23-10-8-21(16-22(23)18-34-25-6-4-3-5-24(25)33-2)28(31)30-13-11-29(12-14-30)17-20-7-9-26-27(15-20)36-19-35-26/h3-10,15-16H,11-14,17-19H2,1-2H3. The average molecular weight is 491 g/mol. The molecule has 3 aromatic carbocycles. The van der Waals surface area contributed by atoms with Gasteiger partial charge < -0.3 is 28.6 Å². The fourth-order valence-electron chi connectivity index (χ4n) is 4.51. The number of carbonyl (C=O) groups is 1. The van der Waals surface area contributed by atoms with Gasteiger partial charge in [-0.1, -0.05) is 18.2 Å². The maximum atomic E-state index is 13.3. The van der Waals surface area contributed by atoms with Gasteiger partial charge in [-0.15, -0.1) is 0 Å². The van der Waals surface area contributed by atoms with E-state index in [2.05, 4.69) is 11.0 Å². The van der Waals surface area contributed by atoms with Crippen molar-refractivity contribution in [2.24, 2.45) is 0 Å². The van der Waals surface area contributed by atoms with E-state index in [-0.39, 0.29) is 19.3 Å². The quantitative estimate of drug-likeness (QED) is 0.473. The van der Waals surface area contributed by atoms with Crippen LogP contribution in [0.1, 0.15) is 21.5 Å². The molecule has 5 rings (SSSR count). The third-order valence-electron chi connectivity index (χ3n) is 6.48. The van der Waals surface area contributed by atoms with Crippen LogP contribution in [0, 0.1) is 0 Å². The van der Waals surface area contributed by atoms with Crippen LogP contribution in [0.3, 0.4) is 0 Å². The second-order valence-corrected chi connectivity index (χ2v) is 8.72. The maximum absolute atomic E-state index is 13.3. The molecule has 1 fully saturated rings. The molecule has 0 spiro atoms. The van der Waals surface area contributed by atoms with Gasteiger partial charge in [0, 0.05) is 43.9 Å². The first-order valence-electron chi connectivity index (χ1n) is 12.0. The predicted octanol–water partition coefficient (Wildman–Crippen LogP) is 3.97. The van der Waals surface area contributed by atoms with Gasteiger partial charge >= 0.3 is 0 Å². The van der Waals surface area contributed by atoms with E-state index in [1.165, 1.54) is 5.56 Å². The number of amides is 1. The van der Waals surface area contributed by atoms with E-state index in [0.29, 0.717) is 35.9 Å². The summed E-state index contributed by atoms with van der Waals surface area (Å²) in [5, 5.41) is 0. The Hall–Kier alpha value is -3.91. The molecule has 0 N–H and O–H groups in total. The molecule has 0 unspecified atom stereocenters.